The monoisotopic (exact) mass is 426 g/mol. The number of likely N-dealkylation sites (N-methyl/N-ethyl adjacent to an activating group) is 1. The molecule has 5 aromatic rings. The molecule has 10 heteroatoms. The van der Waals surface area contributed by atoms with Gasteiger partial charge in [0.1, 0.15) is 11.2 Å². The zero-order chi connectivity index (χ0) is 21.7. The van der Waals surface area contributed by atoms with Crippen molar-refractivity contribution in [1.29, 1.82) is 0 Å². The lowest BCUT2D eigenvalue weighted by atomic mass is 10.1. The van der Waals surface area contributed by atoms with Gasteiger partial charge in [-0.25, -0.2) is 15.0 Å². The average molecular weight is 426 g/mol. The Hall–Kier alpha value is -4.05. The van der Waals surface area contributed by atoms with E-state index in [2.05, 4.69) is 47.0 Å². The van der Waals surface area contributed by atoms with Crippen LogP contribution in [-0.2, 0) is 0 Å². The molecule has 6 heterocycles. The summed E-state index contributed by atoms with van der Waals surface area (Å²) in [6.07, 6.45) is 7.01. The number of rotatable bonds is 3. The van der Waals surface area contributed by atoms with Crippen molar-refractivity contribution < 1.29 is 0 Å². The Morgan fingerprint density at radius 3 is 2.69 bits per heavy atom. The highest BCUT2D eigenvalue weighted by atomic mass is 15.3. The highest BCUT2D eigenvalue weighted by Crippen LogP contribution is 2.31. The fraction of sp³-hybridized carbons (Fsp3) is 0.227. The van der Waals surface area contributed by atoms with Crippen molar-refractivity contribution in [3.63, 3.8) is 0 Å². The molecule has 32 heavy (non-hydrogen) atoms. The summed E-state index contributed by atoms with van der Waals surface area (Å²) in [7, 11) is 2.14. The Balaban J connectivity index is 1.44. The molecule has 1 aliphatic rings. The van der Waals surface area contributed by atoms with Crippen LogP contribution in [0.3, 0.4) is 0 Å². The predicted octanol–water partition coefficient (Wildman–Crippen LogP) is 2.29. The molecule has 0 aliphatic carbocycles. The number of piperazine rings is 1. The molecule has 0 amide bonds. The average Bonchev–Trinajstić information content (AvgIpc) is 3.43. The minimum Gasteiger partial charge on any atom is -0.397 e. The van der Waals surface area contributed by atoms with E-state index in [9.17, 15) is 0 Å². The summed E-state index contributed by atoms with van der Waals surface area (Å²) < 4.78 is 0. The van der Waals surface area contributed by atoms with E-state index in [4.69, 9.17) is 10.7 Å². The second-order valence-corrected chi connectivity index (χ2v) is 8.11. The van der Waals surface area contributed by atoms with Crippen LogP contribution in [0.2, 0.25) is 0 Å². The van der Waals surface area contributed by atoms with Crippen molar-refractivity contribution >= 4 is 33.6 Å². The molecule has 5 aromatic heterocycles. The third kappa shape index (κ3) is 3.12. The number of aromatic nitrogens is 7. The van der Waals surface area contributed by atoms with E-state index >= 15 is 0 Å². The van der Waals surface area contributed by atoms with Gasteiger partial charge in [0.15, 0.2) is 17.3 Å². The van der Waals surface area contributed by atoms with Gasteiger partial charge in [-0.3, -0.25) is 10.1 Å². The zero-order valence-electron chi connectivity index (χ0n) is 17.6. The Kier molecular flexibility index (Phi) is 4.25. The van der Waals surface area contributed by atoms with Crippen LogP contribution >= 0.6 is 0 Å². The van der Waals surface area contributed by atoms with Gasteiger partial charge in [-0.2, -0.15) is 5.10 Å². The van der Waals surface area contributed by atoms with E-state index < -0.39 is 0 Å². The maximum Gasteiger partial charge on any atom is 0.159 e. The number of nitrogens with two attached hydrogens (primary N) is 1. The van der Waals surface area contributed by atoms with Gasteiger partial charge in [-0.05, 0) is 25.2 Å². The number of H-pyrrole nitrogens is 2. The molecule has 1 saturated heterocycles. The standard InChI is InChI=1S/C22H22N10/c1-31-4-6-32(7-5-31)22-19-17(2-3-25-22)27-21(28-19)18-16-9-14(11-26-20(16)30-29-18)13-8-15(23)12-24-10-13/h2-3,8-12H,4-7,23H2,1H3,(H,27,28)(H,26,29,30). The molecular formula is C22H22N10. The Morgan fingerprint density at radius 2 is 1.84 bits per heavy atom. The number of nitrogens with one attached hydrogen (secondary N) is 2. The predicted molar refractivity (Wildman–Crippen MR) is 124 cm³/mol. The first-order valence-electron chi connectivity index (χ1n) is 10.5. The van der Waals surface area contributed by atoms with Gasteiger partial charge in [0.25, 0.3) is 0 Å². The van der Waals surface area contributed by atoms with Crippen molar-refractivity contribution in [3.8, 4) is 22.6 Å². The number of nitrogens with zero attached hydrogens (tertiary/aromatic N) is 7. The molecule has 0 unspecified atom stereocenters. The molecule has 0 bridgehead atoms. The molecular weight excluding hydrogens is 404 g/mol. The van der Waals surface area contributed by atoms with Crippen LogP contribution in [0.15, 0.2) is 43.0 Å². The lowest BCUT2D eigenvalue weighted by Gasteiger charge is -2.33. The second-order valence-electron chi connectivity index (χ2n) is 8.11. The van der Waals surface area contributed by atoms with Crippen molar-refractivity contribution in [2.75, 3.05) is 43.9 Å². The Morgan fingerprint density at radius 1 is 1.00 bits per heavy atom. The van der Waals surface area contributed by atoms with Gasteiger partial charge in [0.05, 0.1) is 16.6 Å². The SMILES string of the molecule is CN1CCN(c2nccc3[nH]c(-c4n[nH]c5ncc(-c6cncc(N)c6)cc45)nc23)CC1. The molecule has 6 rings (SSSR count). The van der Waals surface area contributed by atoms with E-state index in [0.29, 0.717) is 22.9 Å². The Bertz CT molecular complexity index is 1430. The summed E-state index contributed by atoms with van der Waals surface area (Å²) in [6, 6.07) is 5.86. The number of nitrogen functional groups attached to an aromatic ring is 1. The van der Waals surface area contributed by atoms with Gasteiger partial charge in [0, 0.05) is 62.1 Å². The van der Waals surface area contributed by atoms with Crippen LogP contribution in [0.1, 0.15) is 0 Å². The minimum absolute atomic E-state index is 0.608. The number of anilines is 2. The van der Waals surface area contributed by atoms with Crippen molar-refractivity contribution in [3.05, 3.63) is 43.0 Å². The molecule has 10 nitrogen and oxygen atoms in total. The normalized spacial score (nSPS) is 15.1. The summed E-state index contributed by atoms with van der Waals surface area (Å²) in [5, 5.41) is 8.39. The molecule has 1 aliphatic heterocycles. The first-order chi connectivity index (χ1) is 15.7. The lowest BCUT2D eigenvalue weighted by molar-refractivity contribution is 0.312. The first kappa shape index (κ1) is 18.7. The van der Waals surface area contributed by atoms with Crippen LogP contribution in [0.5, 0.6) is 0 Å². The second kappa shape index (κ2) is 7.27. The molecule has 0 spiro atoms. The van der Waals surface area contributed by atoms with E-state index in [-0.39, 0.29) is 0 Å². The fourth-order valence-electron chi connectivity index (χ4n) is 4.14. The van der Waals surface area contributed by atoms with Gasteiger partial charge in [0.2, 0.25) is 0 Å². The molecule has 0 radical (unpaired) electrons. The minimum atomic E-state index is 0.608. The summed E-state index contributed by atoms with van der Waals surface area (Å²) in [6.45, 7) is 3.87. The smallest absolute Gasteiger partial charge is 0.159 e. The summed E-state index contributed by atoms with van der Waals surface area (Å²) in [5.41, 5.74) is 11.5. The van der Waals surface area contributed by atoms with Crippen LogP contribution < -0.4 is 10.6 Å². The third-order valence-electron chi connectivity index (χ3n) is 5.92. The summed E-state index contributed by atoms with van der Waals surface area (Å²) in [5.74, 6) is 1.59. The maximum atomic E-state index is 5.91. The van der Waals surface area contributed by atoms with Gasteiger partial charge < -0.3 is 20.5 Å². The van der Waals surface area contributed by atoms with Crippen LogP contribution in [0, 0.1) is 0 Å². The number of aromatic amines is 2. The first-order valence-corrected chi connectivity index (χ1v) is 10.5. The lowest BCUT2D eigenvalue weighted by Crippen LogP contribution is -2.44. The van der Waals surface area contributed by atoms with Gasteiger partial charge in [-0.15, -0.1) is 0 Å². The number of fused-ring (bicyclic) bond motifs is 2. The number of pyridine rings is 3. The highest BCUT2D eigenvalue weighted by Gasteiger charge is 2.21. The molecule has 160 valence electrons. The van der Waals surface area contributed by atoms with Crippen LogP contribution in [0.4, 0.5) is 11.5 Å². The van der Waals surface area contributed by atoms with Gasteiger partial charge >= 0.3 is 0 Å². The largest absolute Gasteiger partial charge is 0.397 e. The third-order valence-corrected chi connectivity index (χ3v) is 5.92. The molecule has 0 aromatic carbocycles. The van der Waals surface area contributed by atoms with Crippen molar-refractivity contribution in [2.45, 2.75) is 0 Å². The summed E-state index contributed by atoms with van der Waals surface area (Å²) >= 11 is 0. The van der Waals surface area contributed by atoms with E-state index in [1.807, 2.05) is 24.4 Å². The number of imidazole rings is 1. The molecule has 4 N–H and O–H groups in total. The van der Waals surface area contributed by atoms with Gasteiger partial charge in [-0.1, -0.05) is 0 Å². The molecule has 1 fully saturated rings. The Labute approximate surface area is 183 Å². The highest BCUT2D eigenvalue weighted by molar-refractivity contribution is 5.95. The quantitative estimate of drug-likeness (QED) is 0.401. The topological polar surface area (TPSA) is 129 Å². The van der Waals surface area contributed by atoms with E-state index in [1.54, 1.807) is 18.6 Å². The van der Waals surface area contributed by atoms with Crippen LogP contribution in [0.25, 0.3) is 44.7 Å². The number of hydrogen-bond donors (Lipinski definition) is 3. The molecule has 0 atom stereocenters. The maximum absolute atomic E-state index is 5.91. The fourth-order valence-corrected chi connectivity index (χ4v) is 4.14. The molecule has 0 saturated carbocycles. The van der Waals surface area contributed by atoms with E-state index in [0.717, 1.165) is 59.5 Å². The zero-order valence-corrected chi connectivity index (χ0v) is 17.6. The van der Waals surface area contributed by atoms with Crippen molar-refractivity contribution in [1.82, 2.24) is 40.0 Å². The van der Waals surface area contributed by atoms with Crippen molar-refractivity contribution in [2.24, 2.45) is 0 Å². The van der Waals surface area contributed by atoms with E-state index in [1.165, 1.54) is 0 Å². The van der Waals surface area contributed by atoms with Crippen LogP contribution in [-0.4, -0.2) is 73.2 Å². The summed E-state index contributed by atoms with van der Waals surface area (Å²) in [4.78, 5) is 26.3. The number of hydrogen-bond acceptors (Lipinski definition) is 8.